The van der Waals surface area contributed by atoms with Gasteiger partial charge in [0.1, 0.15) is 0 Å². The number of hydrogen-bond acceptors (Lipinski definition) is 2. The Hall–Kier alpha value is -0.0800. The van der Waals surface area contributed by atoms with Gasteiger partial charge in [0.2, 0.25) is 0 Å². The van der Waals surface area contributed by atoms with Gasteiger partial charge in [-0.2, -0.15) is 0 Å². The number of likely N-dealkylation sites (tertiary alicyclic amines) is 1. The minimum absolute atomic E-state index is 0.268. The topological polar surface area (TPSA) is 15.3 Å². The smallest absolute Gasteiger partial charge is 0.00966 e. The van der Waals surface area contributed by atoms with Gasteiger partial charge in [0.05, 0.1) is 0 Å². The van der Waals surface area contributed by atoms with Crippen LogP contribution in [0.5, 0.6) is 0 Å². The molecule has 1 fully saturated rings. The van der Waals surface area contributed by atoms with Gasteiger partial charge in [0, 0.05) is 12.1 Å². The van der Waals surface area contributed by atoms with Crippen LogP contribution in [0, 0.1) is 11.8 Å². The monoisotopic (exact) mass is 282 g/mol. The Morgan fingerprint density at radius 2 is 1.80 bits per heavy atom. The first-order valence-corrected chi connectivity index (χ1v) is 8.84. The van der Waals surface area contributed by atoms with Crippen molar-refractivity contribution in [3.05, 3.63) is 0 Å². The number of rotatable bonds is 9. The van der Waals surface area contributed by atoms with Crippen LogP contribution in [0.3, 0.4) is 0 Å². The largest absolute Gasteiger partial charge is 0.312 e. The summed E-state index contributed by atoms with van der Waals surface area (Å²) in [6, 6.07) is 0. The number of hydrogen-bond donors (Lipinski definition) is 1. The van der Waals surface area contributed by atoms with E-state index in [9.17, 15) is 0 Å². The minimum Gasteiger partial charge on any atom is -0.312 e. The van der Waals surface area contributed by atoms with Gasteiger partial charge in [0.15, 0.2) is 0 Å². The summed E-state index contributed by atoms with van der Waals surface area (Å²) < 4.78 is 0. The molecule has 0 radical (unpaired) electrons. The van der Waals surface area contributed by atoms with Crippen LogP contribution in [0.4, 0.5) is 0 Å². The lowest BCUT2D eigenvalue weighted by molar-refractivity contribution is 0.303. The second kappa shape index (κ2) is 9.04. The molecule has 0 saturated carbocycles. The van der Waals surface area contributed by atoms with Crippen molar-refractivity contribution in [2.45, 2.75) is 78.7 Å². The van der Waals surface area contributed by atoms with Gasteiger partial charge in [0.25, 0.3) is 0 Å². The molecule has 0 aliphatic carbocycles. The average Bonchev–Trinajstić information content (AvgIpc) is 2.78. The Morgan fingerprint density at radius 1 is 1.10 bits per heavy atom. The maximum Gasteiger partial charge on any atom is 0.00966 e. The fraction of sp³-hybridized carbons (Fsp3) is 1.00. The van der Waals surface area contributed by atoms with Crippen molar-refractivity contribution in [3.8, 4) is 0 Å². The van der Waals surface area contributed by atoms with Gasteiger partial charge in [-0.15, -0.1) is 0 Å². The van der Waals surface area contributed by atoms with Gasteiger partial charge in [-0.3, -0.25) is 0 Å². The molecule has 1 saturated heterocycles. The molecule has 0 aromatic carbocycles. The molecule has 0 spiro atoms. The molecular formula is C18H38N2. The molecule has 120 valence electrons. The summed E-state index contributed by atoms with van der Waals surface area (Å²) in [4.78, 5) is 2.68. The van der Waals surface area contributed by atoms with E-state index in [1.54, 1.807) is 0 Å². The molecule has 0 amide bonds. The van der Waals surface area contributed by atoms with Gasteiger partial charge in [-0.05, 0) is 65.1 Å². The molecule has 20 heavy (non-hydrogen) atoms. The van der Waals surface area contributed by atoms with E-state index >= 15 is 0 Å². The zero-order chi connectivity index (χ0) is 15.0. The summed E-state index contributed by atoms with van der Waals surface area (Å²) >= 11 is 0. The summed E-state index contributed by atoms with van der Waals surface area (Å²) in [6.07, 6.45) is 8.48. The number of nitrogens with one attached hydrogen (secondary N) is 1. The van der Waals surface area contributed by atoms with Crippen molar-refractivity contribution < 1.29 is 0 Å². The van der Waals surface area contributed by atoms with Crippen LogP contribution in [0.2, 0.25) is 0 Å². The quantitative estimate of drug-likeness (QED) is 0.634. The molecular weight excluding hydrogens is 244 g/mol. The second-order valence-electron chi connectivity index (χ2n) is 8.18. The first kappa shape index (κ1) is 18.0. The molecule has 2 heteroatoms. The summed E-state index contributed by atoms with van der Waals surface area (Å²) in [5, 5.41) is 3.65. The van der Waals surface area contributed by atoms with Crippen LogP contribution >= 0.6 is 0 Å². The van der Waals surface area contributed by atoms with E-state index in [1.807, 2.05) is 0 Å². The molecule has 0 aromatic rings. The van der Waals surface area contributed by atoms with Crippen molar-refractivity contribution in [2.75, 3.05) is 26.2 Å². The Kier molecular flexibility index (Phi) is 8.13. The van der Waals surface area contributed by atoms with Crippen LogP contribution < -0.4 is 5.32 Å². The maximum absolute atomic E-state index is 3.65. The Labute approximate surface area is 127 Å². The lowest BCUT2D eigenvalue weighted by atomic mass is 10.0. The molecule has 0 aromatic heterocycles. The second-order valence-corrected chi connectivity index (χ2v) is 8.18. The lowest BCUT2D eigenvalue weighted by Gasteiger charge is -2.23. The third-order valence-corrected chi connectivity index (χ3v) is 4.30. The maximum atomic E-state index is 3.65. The Bertz CT molecular complexity index is 242. The van der Waals surface area contributed by atoms with Crippen molar-refractivity contribution >= 4 is 0 Å². The Balaban J connectivity index is 1.98. The SMILES string of the molecule is CC(C)CCCCCCN1CCC(CNC(C)(C)C)C1. The van der Waals surface area contributed by atoms with E-state index in [-0.39, 0.29) is 5.54 Å². The molecule has 1 rings (SSSR count). The molecule has 2 nitrogen and oxygen atoms in total. The third-order valence-electron chi connectivity index (χ3n) is 4.30. The first-order chi connectivity index (χ1) is 9.37. The van der Waals surface area contributed by atoms with E-state index in [2.05, 4.69) is 44.8 Å². The van der Waals surface area contributed by atoms with Gasteiger partial charge < -0.3 is 10.2 Å². The summed E-state index contributed by atoms with van der Waals surface area (Å²) in [5.74, 6) is 1.75. The molecule has 1 atom stereocenters. The molecule has 1 unspecified atom stereocenters. The molecule has 1 aliphatic heterocycles. The van der Waals surface area contributed by atoms with Crippen LogP contribution in [-0.4, -0.2) is 36.6 Å². The van der Waals surface area contributed by atoms with E-state index in [0.29, 0.717) is 0 Å². The van der Waals surface area contributed by atoms with Crippen LogP contribution in [-0.2, 0) is 0 Å². The number of unbranched alkanes of at least 4 members (excludes halogenated alkanes) is 3. The van der Waals surface area contributed by atoms with E-state index in [0.717, 1.165) is 11.8 Å². The minimum atomic E-state index is 0.268. The van der Waals surface area contributed by atoms with E-state index in [4.69, 9.17) is 0 Å². The normalized spacial score (nSPS) is 21.0. The summed E-state index contributed by atoms with van der Waals surface area (Å²) in [7, 11) is 0. The molecule has 0 bridgehead atoms. The van der Waals surface area contributed by atoms with Crippen molar-refractivity contribution in [2.24, 2.45) is 11.8 Å². The molecule has 1 heterocycles. The third kappa shape index (κ3) is 8.97. The van der Waals surface area contributed by atoms with Gasteiger partial charge >= 0.3 is 0 Å². The zero-order valence-corrected chi connectivity index (χ0v) is 14.7. The molecule has 1 aliphatic rings. The van der Waals surface area contributed by atoms with Crippen molar-refractivity contribution in [1.29, 1.82) is 0 Å². The van der Waals surface area contributed by atoms with Crippen LogP contribution in [0.25, 0.3) is 0 Å². The lowest BCUT2D eigenvalue weighted by Crippen LogP contribution is -2.39. The summed E-state index contributed by atoms with van der Waals surface area (Å²) in [5.41, 5.74) is 0.268. The van der Waals surface area contributed by atoms with Crippen LogP contribution in [0.15, 0.2) is 0 Å². The molecule has 1 N–H and O–H groups in total. The fourth-order valence-corrected chi connectivity index (χ4v) is 2.97. The van der Waals surface area contributed by atoms with Gasteiger partial charge in [-0.25, -0.2) is 0 Å². The van der Waals surface area contributed by atoms with E-state index in [1.165, 1.54) is 64.7 Å². The van der Waals surface area contributed by atoms with Crippen molar-refractivity contribution in [3.63, 3.8) is 0 Å². The standard InChI is InChI=1S/C18H38N2/c1-16(2)10-8-6-7-9-12-20-13-11-17(15-20)14-19-18(3,4)5/h16-17,19H,6-15H2,1-5H3. The summed E-state index contributed by atoms with van der Waals surface area (Å²) in [6.45, 7) is 16.6. The average molecular weight is 283 g/mol. The Morgan fingerprint density at radius 3 is 2.45 bits per heavy atom. The van der Waals surface area contributed by atoms with E-state index < -0.39 is 0 Å². The van der Waals surface area contributed by atoms with Gasteiger partial charge in [-0.1, -0.05) is 39.5 Å². The van der Waals surface area contributed by atoms with Crippen molar-refractivity contribution in [1.82, 2.24) is 10.2 Å². The predicted molar refractivity (Wildman–Crippen MR) is 90.2 cm³/mol. The number of nitrogens with zero attached hydrogens (tertiary/aromatic N) is 1. The fourth-order valence-electron chi connectivity index (χ4n) is 2.97. The highest BCUT2D eigenvalue weighted by atomic mass is 15.1. The highest BCUT2D eigenvalue weighted by Crippen LogP contribution is 2.17. The first-order valence-electron chi connectivity index (χ1n) is 8.84. The zero-order valence-electron chi connectivity index (χ0n) is 14.7. The highest BCUT2D eigenvalue weighted by Gasteiger charge is 2.23. The predicted octanol–water partition coefficient (Wildman–Crippen LogP) is 4.30. The van der Waals surface area contributed by atoms with Crippen LogP contribution in [0.1, 0.15) is 73.1 Å². The highest BCUT2D eigenvalue weighted by molar-refractivity contribution is 4.80.